The zero-order valence-corrected chi connectivity index (χ0v) is 14.7. The standard InChI is InChI=1S/C16H19N5O2S/c1-11(2)20-10-15(9-18-20)24(22,23)21(14-4-5-14)16-7-13(8-17)6-12(3)19-16/h6-7,9-11,14H,4-5H2,1-3H3. The van der Waals surface area contributed by atoms with Crippen LogP contribution in [0.15, 0.2) is 29.4 Å². The van der Waals surface area contributed by atoms with Gasteiger partial charge in [-0.25, -0.2) is 17.7 Å². The van der Waals surface area contributed by atoms with E-state index in [9.17, 15) is 8.42 Å². The van der Waals surface area contributed by atoms with Crippen LogP contribution in [0.2, 0.25) is 0 Å². The van der Waals surface area contributed by atoms with Gasteiger partial charge in [0.1, 0.15) is 10.7 Å². The number of aryl methyl sites for hydroxylation is 1. The van der Waals surface area contributed by atoms with Crippen molar-refractivity contribution in [1.29, 1.82) is 5.26 Å². The fraction of sp³-hybridized carbons (Fsp3) is 0.438. The Morgan fingerprint density at radius 3 is 2.62 bits per heavy atom. The van der Waals surface area contributed by atoms with Gasteiger partial charge in [0, 0.05) is 24.0 Å². The first-order valence-electron chi connectivity index (χ1n) is 7.80. The van der Waals surface area contributed by atoms with Gasteiger partial charge in [-0.3, -0.25) is 4.68 Å². The van der Waals surface area contributed by atoms with E-state index in [-0.39, 0.29) is 17.0 Å². The van der Waals surface area contributed by atoms with Gasteiger partial charge in [0.05, 0.1) is 17.8 Å². The molecule has 2 heterocycles. The maximum atomic E-state index is 13.1. The van der Waals surface area contributed by atoms with Crippen LogP contribution in [0.25, 0.3) is 0 Å². The molecule has 8 heteroatoms. The third-order valence-electron chi connectivity index (χ3n) is 3.84. The first kappa shape index (κ1) is 16.5. The van der Waals surface area contributed by atoms with Gasteiger partial charge in [-0.2, -0.15) is 10.4 Å². The molecule has 2 aromatic heterocycles. The molecule has 0 unspecified atom stereocenters. The molecule has 24 heavy (non-hydrogen) atoms. The Hall–Kier alpha value is -2.40. The Bertz CT molecular complexity index is 907. The summed E-state index contributed by atoms with van der Waals surface area (Å²) in [7, 11) is -3.77. The Kier molecular flexibility index (Phi) is 4.05. The molecule has 7 nitrogen and oxygen atoms in total. The highest BCUT2D eigenvalue weighted by Gasteiger charge is 2.40. The van der Waals surface area contributed by atoms with Crippen molar-refractivity contribution in [3.8, 4) is 6.07 Å². The number of hydrogen-bond donors (Lipinski definition) is 0. The summed E-state index contributed by atoms with van der Waals surface area (Å²) >= 11 is 0. The maximum Gasteiger partial charge on any atom is 0.268 e. The lowest BCUT2D eigenvalue weighted by atomic mass is 10.2. The van der Waals surface area contributed by atoms with Gasteiger partial charge in [-0.15, -0.1) is 0 Å². The van der Waals surface area contributed by atoms with E-state index in [1.54, 1.807) is 17.7 Å². The normalized spacial score (nSPS) is 14.6. The average Bonchev–Trinajstić information content (AvgIpc) is 3.18. The summed E-state index contributed by atoms with van der Waals surface area (Å²) in [5.41, 5.74) is 1.01. The summed E-state index contributed by atoms with van der Waals surface area (Å²) in [6.45, 7) is 5.62. The minimum absolute atomic E-state index is 0.0746. The van der Waals surface area contributed by atoms with E-state index in [2.05, 4.69) is 16.2 Å². The van der Waals surface area contributed by atoms with Crippen molar-refractivity contribution in [2.45, 2.75) is 50.6 Å². The Balaban J connectivity index is 2.08. The molecule has 0 saturated heterocycles. The van der Waals surface area contributed by atoms with Gasteiger partial charge in [0.2, 0.25) is 0 Å². The van der Waals surface area contributed by atoms with E-state index in [0.29, 0.717) is 17.1 Å². The molecule has 1 aliphatic rings. The van der Waals surface area contributed by atoms with Crippen LogP contribution < -0.4 is 4.31 Å². The molecule has 0 bridgehead atoms. The Labute approximate surface area is 141 Å². The van der Waals surface area contributed by atoms with E-state index < -0.39 is 10.0 Å². The number of nitrogens with zero attached hydrogens (tertiary/aromatic N) is 5. The van der Waals surface area contributed by atoms with Crippen molar-refractivity contribution < 1.29 is 8.42 Å². The van der Waals surface area contributed by atoms with Crippen LogP contribution >= 0.6 is 0 Å². The largest absolute Gasteiger partial charge is 0.269 e. The summed E-state index contributed by atoms with van der Waals surface area (Å²) < 4.78 is 29.2. The molecule has 126 valence electrons. The second kappa shape index (κ2) is 5.91. The molecule has 2 aromatic rings. The molecule has 0 aliphatic heterocycles. The lowest BCUT2D eigenvalue weighted by Crippen LogP contribution is -2.34. The topological polar surface area (TPSA) is 91.9 Å². The van der Waals surface area contributed by atoms with E-state index in [0.717, 1.165) is 12.8 Å². The number of nitriles is 1. The monoisotopic (exact) mass is 345 g/mol. The second-order valence-electron chi connectivity index (χ2n) is 6.25. The fourth-order valence-electron chi connectivity index (χ4n) is 2.49. The minimum Gasteiger partial charge on any atom is -0.269 e. The lowest BCUT2D eigenvalue weighted by molar-refractivity contribution is 0.531. The first-order chi connectivity index (χ1) is 11.3. The van der Waals surface area contributed by atoms with Gasteiger partial charge in [-0.1, -0.05) is 0 Å². The molecule has 0 spiro atoms. The van der Waals surface area contributed by atoms with Gasteiger partial charge >= 0.3 is 0 Å². The van der Waals surface area contributed by atoms with Crippen molar-refractivity contribution in [2.75, 3.05) is 4.31 Å². The van der Waals surface area contributed by atoms with Crippen LogP contribution in [0.4, 0.5) is 5.82 Å². The molecular formula is C16H19N5O2S. The molecule has 0 radical (unpaired) electrons. The fourth-order valence-corrected chi connectivity index (χ4v) is 4.09. The van der Waals surface area contributed by atoms with Crippen LogP contribution in [0.1, 0.15) is 44.0 Å². The van der Waals surface area contributed by atoms with Gasteiger partial charge < -0.3 is 0 Å². The van der Waals surface area contributed by atoms with E-state index in [1.807, 2.05) is 13.8 Å². The molecule has 0 N–H and O–H groups in total. The van der Waals surface area contributed by atoms with Crippen molar-refractivity contribution in [1.82, 2.24) is 14.8 Å². The van der Waals surface area contributed by atoms with E-state index >= 15 is 0 Å². The average molecular weight is 345 g/mol. The highest BCUT2D eigenvalue weighted by Crippen LogP contribution is 2.36. The highest BCUT2D eigenvalue weighted by atomic mass is 32.2. The van der Waals surface area contributed by atoms with Crippen LogP contribution in [-0.4, -0.2) is 29.2 Å². The number of anilines is 1. The summed E-state index contributed by atoms with van der Waals surface area (Å²) in [5.74, 6) is 0.298. The molecule has 1 aliphatic carbocycles. The van der Waals surface area contributed by atoms with Crippen LogP contribution in [0.5, 0.6) is 0 Å². The number of sulfonamides is 1. The number of aromatic nitrogens is 3. The lowest BCUT2D eigenvalue weighted by Gasteiger charge is -2.23. The van der Waals surface area contributed by atoms with Gasteiger partial charge in [0.15, 0.2) is 0 Å². The highest BCUT2D eigenvalue weighted by molar-refractivity contribution is 7.92. The molecule has 0 amide bonds. The molecular weight excluding hydrogens is 326 g/mol. The second-order valence-corrected chi connectivity index (χ2v) is 8.06. The zero-order chi connectivity index (χ0) is 17.5. The van der Waals surface area contributed by atoms with Crippen LogP contribution in [0, 0.1) is 18.3 Å². The summed E-state index contributed by atoms with van der Waals surface area (Å²) in [6.07, 6.45) is 4.48. The predicted octanol–water partition coefficient (Wildman–Crippen LogP) is 2.40. The van der Waals surface area contributed by atoms with Gasteiger partial charge in [0.25, 0.3) is 10.0 Å². The van der Waals surface area contributed by atoms with Crippen molar-refractivity contribution in [2.24, 2.45) is 0 Å². The quantitative estimate of drug-likeness (QED) is 0.829. The zero-order valence-electron chi connectivity index (χ0n) is 13.8. The maximum absolute atomic E-state index is 13.1. The Morgan fingerprint density at radius 1 is 1.38 bits per heavy atom. The van der Waals surface area contributed by atoms with Crippen molar-refractivity contribution in [3.63, 3.8) is 0 Å². The van der Waals surface area contributed by atoms with Crippen molar-refractivity contribution in [3.05, 3.63) is 35.8 Å². The third kappa shape index (κ3) is 2.99. The molecule has 3 rings (SSSR count). The van der Waals surface area contributed by atoms with Crippen LogP contribution in [0.3, 0.4) is 0 Å². The third-order valence-corrected chi connectivity index (χ3v) is 5.65. The number of rotatable bonds is 5. The summed E-state index contributed by atoms with van der Waals surface area (Å²) in [5, 5.41) is 13.3. The number of pyridine rings is 1. The van der Waals surface area contributed by atoms with Crippen LogP contribution in [-0.2, 0) is 10.0 Å². The smallest absolute Gasteiger partial charge is 0.268 e. The van der Waals surface area contributed by atoms with Gasteiger partial charge in [-0.05, 0) is 45.7 Å². The van der Waals surface area contributed by atoms with Crippen molar-refractivity contribution >= 4 is 15.8 Å². The molecule has 0 aromatic carbocycles. The SMILES string of the molecule is Cc1cc(C#N)cc(N(C2CC2)S(=O)(=O)c2cnn(C(C)C)c2)n1. The Morgan fingerprint density at radius 2 is 2.08 bits per heavy atom. The predicted molar refractivity (Wildman–Crippen MR) is 89.0 cm³/mol. The van der Waals surface area contributed by atoms with E-state index in [4.69, 9.17) is 5.26 Å². The molecule has 1 fully saturated rings. The summed E-state index contributed by atoms with van der Waals surface area (Å²) in [6, 6.07) is 5.18. The molecule has 0 atom stereocenters. The minimum atomic E-state index is -3.77. The molecule has 1 saturated carbocycles. The number of hydrogen-bond acceptors (Lipinski definition) is 5. The summed E-state index contributed by atoms with van der Waals surface area (Å²) in [4.78, 5) is 4.49. The van der Waals surface area contributed by atoms with E-state index in [1.165, 1.54) is 22.8 Å². The first-order valence-corrected chi connectivity index (χ1v) is 9.24.